The Bertz CT molecular complexity index is 1070. The van der Waals surface area contributed by atoms with Gasteiger partial charge in [-0.1, -0.05) is 23.2 Å². The van der Waals surface area contributed by atoms with E-state index in [1.54, 1.807) is 12.1 Å². The lowest BCUT2D eigenvalue weighted by Crippen LogP contribution is -2.19. The normalized spacial score (nSPS) is 10.7. The summed E-state index contributed by atoms with van der Waals surface area (Å²) < 4.78 is 1.95. The number of hydrogen-bond acceptors (Lipinski definition) is 4. The third kappa shape index (κ3) is 4.16. The van der Waals surface area contributed by atoms with Gasteiger partial charge in [0.1, 0.15) is 10.3 Å². The zero-order valence-electron chi connectivity index (χ0n) is 13.1. The van der Waals surface area contributed by atoms with E-state index >= 15 is 0 Å². The van der Waals surface area contributed by atoms with E-state index in [1.165, 1.54) is 29.1 Å². The van der Waals surface area contributed by atoms with Gasteiger partial charge in [0.05, 0.1) is 16.3 Å². The summed E-state index contributed by atoms with van der Waals surface area (Å²) in [6, 6.07) is 7.44. The van der Waals surface area contributed by atoms with Gasteiger partial charge in [0, 0.05) is 21.8 Å². The quantitative estimate of drug-likeness (QED) is 0.488. The van der Waals surface area contributed by atoms with Crippen molar-refractivity contribution in [1.29, 1.82) is 0 Å². The van der Waals surface area contributed by atoms with E-state index in [9.17, 15) is 14.7 Å². The highest BCUT2D eigenvalue weighted by atomic mass is 79.9. The van der Waals surface area contributed by atoms with Gasteiger partial charge in [0.2, 0.25) is 0 Å². The van der Waals surface area contributed by atoms with Crippen LogP contribution in [0.5, 0.6) is 0 Å². The molecule has 7 nitrogen and oxygen atoms in total. The Kier molecular flexibility index (Phi) is 5.85. The van der Waals surface area contributed by atoms with Crippen molar-refractivity contribution in [2.45, 2.75) is 0 Å². The number of aromatic carboxylic acids is 1. The van der Waals surface area contributed by atoms with Gasteiger partial charge in [0.25, 0.3) is 5.91 Å². The standard InChI is InChI=1S/C16H8Br2Cl2N4O3/c17-9-5-7(19)4-8(16(26)27)13(9)22-15(25)11-6-12(18)23-24(11)14-10(20)2-1-3-21-14/h1-6H,(H,22,25)(H,26,27). The fourth-order valence-corrected chi connectivity index (χ4v) is 3.74. The van der Waals surface area contributed by atoms with Gasteiger partial charge in [-0.05, 0) is 56.1 Å². The molecule has 0 radical (unpaired) electrons. The Morgan fingerprint density at radius 2 is 1.93 bits per heavy atom. The summed E-state index contributed by atoms with van der Waals surface area (Å²) in [4.78, 5) is 28.5. The topological polar surface area (TPSA) is 97.1 Å². The molecule has 3 rings (SSSR count). The molecule has 0 aliphatic heterocycles. The van der Waals surface area contributed by atoms with Crippen LogP contribution in [-0.4, -0.2) is 31.7 Å². The summed E-state index contributed by atoms with van der Waals surface area (Å²) in [6.45, 7) is 0. The van der Waals surface area contributed by atoms with Crippen molar-refractivity contribution in [1.82, 2.24) is 14.8 Å². The van der Waals surface area contributed by atoms with Crippen LogP contribution in [0.2, 0.25) is 10.0 Å². The molecule has 1 aromatic carbocycles. The van der Waals surface area contributed by atoms with E-state index in [1.807, 2.05) is 0 Å². The lowest BCUT2D eigenvalue weighted by molar-refractivity contribution is 0.0698. The second kappa shape index (κ2) is 7.97. The van der Waals surface area contributed by atoms with Gasteiger partial charge in [-0.3, -0.25) is 4.79 Å². The van der Waals surface area contributed by atoms with Crippen LogP contribution in [0.15, 0.2) is 45.6 Å². The molecule has 27 heavy (non-hydrogen) atoms. The van der Waals surface area contributed by atoms with Crippen LogP contribution < -0.4 is 5.32 Å². The van der Waals surface area contributed by atoms with Gasteiger partial charge in [-0.25, -0.2) is 14.5 Å². The number of nitrogens with one attached hydrogen (secondary N) is 1. The number of nitrogens with zero attached hydrogens (tertiary/aromatic N) is 3. The number of carbonyl (C=O) groups is 2. The lowest BCUT2D eigenvalue weighted by Gasteiger charge is -2.12. The molecule has 2 aromatic heterocycles. The minimum Gasteiger partial charge on any atom is -0.478 e. The average molecular weight is 535 g/mol. The molecule has 2 heterocycles. The number of carboxylic acid groups (broad SMARTS) is 1. The Balaban J connectivity index is 2.05. The van der Waals surface area contributed by atoms with Gasteiger partial charge >= 0.3 is 5.97 Å². The number of aromatic nitrogens is 3. The van der Waals surface area contributed by atoms with Crippen molar-refractivity contribution in [3.05, 3.63) is 66.9 Å². The summed E-state index contributed by atoms with van der Waals surface area (Å²) in [5.41, 5.74) is -0.00252. The molecule has 0 aliphatic carbocycles. The van der Waals surface area contributed by atoms with E-state index in [0.717, 1.165) is 0 Å². The maximum atomic E-state index is 12.8. The van der Waals surface area contributed by atoms with Crippen molar-refractivity contribution in [2.75, 3.05) is 5.32 Å². The molecule has 11 heteroatoms. The molecule has 3 aromatic rings. The molecule has 138 valence electrons. The molecule has 0 fully saturated rings. The maximum absolute atomic E-state index is 12.8. The molecule has 0 spiro atoms. The van der Waals surface area contributed by atoms with Gasteiger partial charge < -0.3 is 10.4 Å². The molecule has 1 amide bonds. The number of pyridine rings is 1. The van der Waals surface area contributed by atoms with E-state index in [4.69, 9.17) is 23.2 Å². The molecule has 0 atom stereocenters. The number of halogens is 4. The molecule has 0 unspecified atom stereocenters. The van der Waals surface area contributed by atoms with Crippen molar-refractivity contribution in [3.63, 3.8) is 0 Å². The summed E-state index contributed by atoms with van der Waals surface area (Å²) in [7, 11) is 0. The van der Waals surface area contributed by atoms with E-state index in [-0.39, 0.29) is 27.8 Å². The van der Waals surface area contributed by atoms with Crippen LogP contribution in [0.25, 0.3) is 5.82 Å². The van der Waals surface area contributed by atoms with Crippen LogP contribution in [0.4, 0.5) is 5.69 Å². The minimum absolute atomic E-state index is 0.0629. The average Bonchev–Trinajstić information content (AvgIpc) is 2.99. The summed E-state index contributed by atoms with van der Waals surface area (Å²) in [5, 5.41) is 16.6. The first-order chi connectivity index (χ1) is 12.8. The number of amides is 1. The number of rotatable bonds is 4. The number of carbonyl (C=O) groups excluding carboxylic acids is 1. The minimum atomic E-state index is -1.24. The predicted molar refractivity (Wildman–Crippen MR) is 108 cm³/mol. The second-order valence-corrected chi connectivity index (χ2v) is 7.65. The van der Waals surface area contributed by atoms with Crippen LogP contribution in [0, 0.1) is 0 Å². The predicted octanol–water partition coefficient (Wildman–Crippen LogP) is 5.05. The van der Waals surface area contributed by atoms with Crippen molar-refractivity contribution in [3.8, 4) is 5.82 Å². The summed E-state index contributed by atoms with van der Waals surface area (Å²) >= 11 is 18.5. The van der Waals surface area contributed by atoms with E-state index < -0.39 is 11.9 Å². The van der Waals surface area contributed by atoms with E-state index in [0.29, 0.717) is 14.1 Å². The largest absolute Gasteiger partial charge is 0.478 e. The van der Waals surface area contributed by atoms with Crippen LogP contribution in [0.1, 0.15) is 20.8 Å². The number of benzene rings is 1. The molecule has 0 aliphatic rings. The smallest absolute Gasteiger partial charge is 0.337 e. The third-order valence-electron chi connectivity index (χ3n) is 3.38. The zero-order chi connectivity index (χ0) is 19.7. The van der Waals surface area contributed by atoms with Crippen molar-refractivity contribution >= 4 is 72.6 Å². The molecule has 2 N–H and O–H groups in total. The van der Waals surface area contributed by atoms with Gasteiger partial charge in [-0.2, -0.15) is 5.10 Å². The number of carboxylic acids is 1. The van der Waals surface area contributed by atoms with Gasteiger partial charge in [0.15, 0.2) is 5.82 Å². The van der Waals surface area contributed by atoms with Crippen LogP contribution >= 0.6 is 55.1 Å². The molecule has 0 saturated carbocycles. The fraction of sp³-hybridized carbons (Fsp3) is 0. The molecule has 0 saturated heterocycles. The van der Waals surface area contributed by atoms with Crippen LogP contribution in [0.3, 0.4) is 0 Å². The number of anilines is 1. The summed E-state index contributed by atoms with van der Waals surface area (Å²) in [5.74, 6) is -1.60. The van der Waals surface area contributed by atoms with Crippen molar-refractivity contribution < 1.29 is 14.7 Å². The Morgan fingerprint density at radius 3 is 2.59 bits per heavy atom. The lowest BCUT2D eigenvalue weighted by atomic mass is 10.1. The van der Waals surface area contributed by atoms with Crippen molar-refractivity contribution in [2.24, 2.45) is 0 Å². The summed E-state index contributed by atoms with van der Waals surface area (Å²) in [6.07, 6.45) is 1.51. The number of hydrogen-bond donors (Lipinski definition) is 2. The monoisotopic (exact) mass is 532 g/mol. The third-order valence-corrected chi connectivity index (χ3v) is 4.90. The Hall–Kier alpha value is -1.94. The molecule has 0 bridgehead atoms. The Labute approximate surface area is 179 Å². The molecular formula is C16H8Br2Cl2N4O3. The second-order valence-electron chi connectivity index (χ2n) is 5.14. The first-order valence-corrected chi connectivity index (χ1v) is 9.52. The first kappa shape index (κ1) is 19.8. The molecular weight excluding hydrogens is 527 g/mol. The maximum Gasteiger partial charge on any atom is 0.337 e. The highest BCUT2D eigenvalue weighted by molar-refractivity contribution is 9.10. The Morgan fingerprint density at radius 1 is 1.19 bits per heavy atom. The zero-order valence-corrected chi connectivity index (χ0v) is 17.8. The van der Waals surface area contributed by atoms with E-state index in [2.05, 4.69) is 47.3 Å². The van der Waals surface area contributed by atoms with Gasteiger partial charge in [-0.15, -0.1) is 0 Å². The highest BCUT2D eigenvalue weighted by Crippen LogP contribution is 2.31. The fourth-order valence-electron chi connectivity index (χ4n) is 2.26. The SMILES string of the molecule is O=C(O)c1cc(Cl)cc(Br)c1NC(=O)c1cc(Br)nn1-c1ncccc1Cl. The first-order valence-electron chi connectivity index (χ1n) is 7.18. The van der Waals surface area contributed by atoms with Crippen LogP contribution in [-0.2, 0) is 0 Å². The highest BCUT2D eigenvalue weighted by Gasteiger charge is 2.22.